The minimum Gasteiger partial charge on any atom is -0.383 e. The van der Waals surface area contributed by atoms with Crippen LogP contribution in [0.2, 0.25) is 0 Å². The largest absolute Gasteiger partial charge is 0.383 e. The van der Waals surface area contributed by atoms with Crippen molar-refractivity contribution in [2.24, 2.45) is 0 Å². The molecule has 160 valence electrons. The number of halogens is 1. The quantitative estimate of drug-likeness (QED) is 0.544. The second kappa shape index (κ2) is 9.78. The minimum atomic E-state index is -1.73. The van der Waals surface area contributed by atoms with Crippen LogP contribution in [0.4, 0.5) is 4.39 Å². The minimum absolute atomic E-state index is 0.120. The molecule has 28 heavy (non-hydrogen) atoms. The second-order valence-electron chi connectivity index (χ2n) is 7.42. The molecule has 0 aromatic carbocycles. The average Bonchev–Trinajstić information content (AvgIpc) is 2.87. The summed E-state index contributed by atoms with van der Waals surface area (Å²) in [6.45, 7) is 5.10. The predicted molar refractivity (Wildman–Crippen MR) is 101 cm³/mol. The predicted octanol–water partition coefficient (Wildman–Crippen LogP) is 1.53. The van der Waals surface area contributed by atoms with Crippen molar-refractivity contribution in [1.82, 2.24) is 9.55 Å². The molecule has 9 heteroatoms. The highest BCUT2D eigenvalue weighted by Crippen LogP contribution is 2.46. The van der Waals surface area contributed by atoms with Gasteiger partial charge in [-0.15, -0.1) is 0 Å². The first-order valence-electron chi connectivity index (χ1n) is 9.79. The van der Waals surface area contributed by atoms with Crippen LogP contribution in [0.5, 0.6) is 0 Å². The van der Waals surface area contributed by atoms with Gasteiger partial charge in [0.2, 0.25) is 0 Å². The molecule has 0 aliphatic carbocycles. The summed E-state index contributed by atoms with van der Waals surface area (Å²) in [5.74, 6) is 0. The van der Waals surface area contributed by atoms with Crippen LogP contribution >= 0.6 is 0 Å². The maximum Gasteiger partial charge on any atom is 0.330 e. The summed E-state index contributed by atoms with van der Waals surface area (Å²) in [5.41, 5.74) is -4.62. The molecule has 1 aliphatic heterocycles. The number of aromatic nitrogens is 2. The maximum absolute atomic E-state index is 14.3. The number of unbranched alkanes of at least 4 members (excludes halogenated alkanes) is 2. The number of hydrogen-bond donors (Lipinski definition) is 2. The van der Waals surface area contributed by atoms with Gasteiger partial charge >= 0.3 is 5.69 Å². The van der Waals surface area contributed by atoms with E-state index in [9.17, 15) is 19.1 Å². The van der Waals surface area contributed by atoms with E-state index >= 15 is 0 Å². The molecule has 1 saturated heterocycles. The summed E-state index contributed by atoms with van der Waals surface area (Å²) in [5, 5.41) is 11.2. The van der Waals surface area contributed by atoms with Crippen molar-refractivity contribution in [3.8, 4) is 0 Å². The third-order valence-corrected chi connectivity index (χ3v) is 4.96. The average molecular weight is 402 g/mol. The fraction of sp³-hybridized carbons (Fsp3) is 0.789. The van der Waals surface area contributed by atoms with Crippen molar-refractivity contribution in [1.29, 1.82) is 0 Å². The van der Waals surface area contributed by atoms with Crippen LogP contribution in [0, 0.1) is 0 Å². The van der Waals surface area contributed by atoms with Crippen molar-refractivity contribution in [2.45, 2.75) is 70.0 Å². The monoisotopic (exact) mass is 402 g/mol. The molecule has 8 nitrogen and oxygen atoms in total. The lowest BCUT2D eigenvalue weighted by Gasteiger charge is -2.34. The zero-order valence-electron chi connectivity index (χ0n) is 16.8. The van der Waals surface area contributed by atoms with Gasteiger partial charge in [0, 0.05) is 25.5 Å². The maximum atomic E-state index is 14.3. The molecule has 0 saturated carbocycles. The Morgan fingerprint density at radius 2 is 1.96 bits per heavy atom. The molecule has 0 bridgehead atoms. The molecular weight excluding hydrogens is 371 g/mol. The van der Waals surface area contributed by atoms with Crippen molar-refractivity contribution in [2.75, 3.05) is 26.5 Å². The standard InChI is InChI=1S/C19H31FN2O6/c1-4-6-10-26-13-19(12-20)15(27-11-7-5-2)18(3,25)16(28-19)22-9-8-14(23)21-17(22)24/h8-9,15-16,25H,4-7,10-13H2,1-3H3,(H,21,23,24)/t15-,16+,18+,19+/m0/s1. The lowest BCUT2D eigenvalue weighted by molar-refractivity contribution is -0.161. The SMILES string of the molecule is CCCCOC[C@@]1(CF)O[C@@H](n2ccc(=O)[nH]c2=O)[C@](C)(O)[C@@H]1OCCCC. The van der Waals surface area contributed by atoms with Crippen LogP contribution in [0.25, 0.3) is 0 Å². The normalized spacial score (nSPS) is 30.0. The number of nitrogens with one attached hydrogen (secondary N) is 1. The zero-order chi connectivity index (χ0) is 20.8. The molecule has 1 aliphatic rings. The Balaban J connectivity index is 2.37. The first-order chi connectivity index (χ1) is 13.3. The summed E-state index contributed by atoms with van der Waals surface area (Å²) in [4.78, 5) is 25.7. The third kappa shape index (κ3) is 4.71. The summed E-state index contributed by atoms with van der Waals surface area (Å²) < 4.78 is 32.7. The van der Waals surface area contributed by atoms with Crippen molar-refractivity contribution >= 4 is 0 Å². The molecule has 2 N–H and O–H groups in total. The summed E-state index contributed by atoms with van der Waals surface area (Å²) >= 11 is 0. The number of aromatic amines is 1. The van der Waals surface area contributed by atoms with E-state index in [4.69, 9.17) is 14.2 Å². The van der Waals surface area contributed by atoms with Crippen molar-refractivity contribution in [3.63, 3.8) is 0 Å². The third-order valence-electron chi connectivity index (χ3n) is 4.96. The first kappa shape index (κ1) is 22.7. The van der Waals surface area contributed by atoms with Crippen LogP contribution in [-0.2, 0) is 14.2 Å². The number of nitrogens with zero attached hydrogens (tertiary/aromatic N) is 1. The number of aliphatic hydroxyl groups is 1. The number of hydrogen-bond acceptors (Lipinski definition) is 6. The van der Waals surface area contributed by atoms with Crippen LogP contribution in [0.15, 0.2) is 21.9 Å². The molecule has 4 atom stereocenters. The molecule has 1 fully saturated rings. The lowest BCUT2D eigenvalue weighted by atomic mass is 9.88. The lowest BCUT2D eigenvalue weighted by Crippen LogP contribution is -2.55. The second-order valence-corrected chi connectivity index (χ2v) is 7.42. The van der Waals surface area contributed by atoms with Gasteiger partial charge in [-0.1, -0.05) is 26.7 Å². The number of H-pyrrole nitrogens is 1. The van der Waals surface area contributed by atoms with E-state index in [0.717, 1.165) is 36.3 Å². The van der Waals surface area contributed by atoms with E-state index in [1.807, 2.05) is 13.8 Å². The van der Waals surface area contributed by atoms with Crippen LogP contribution in [0.1, 0.15) is 52.7 Å². The van der Waals surface area contributed by atoms with Gasteiger partial charge in [-0.05, 0) is 19.8 Å². The van der Waals surface area contributed by atoms with E-state index in [1.54, 1.807) is 0 Å². The van der Waals surface area contributed by atoms with E-state index < -0.39 is 41.5 Å². The molecule has 2 heterocycles. The molecule has 1 aromatic heterocycles. The van der Waals surface area contributed by atoms with E-state index in [2.05, 4.69) is 4.98 Å². The first-order valence-corrected chi connectivity index (χ1v) is 9.79. The fourth-order valence-electron chi connectivity index (χ4n) is 3.42. The highest BCUT2D eigenvalue weighted by molar-refractivity contribution is 5.09. The smallest absolute Gasteiger partial charge is 0.330 e. The molecule has 0 amide bonds. The van der Waals surface area contributed by atoms with Crippen molar-refractivity contribution < 1.29 is 23.7 Å². The molecule has 0 radical (unpaired) electrons. The molecule has 0 unspecified atom stereocenters. The summed E-state index contributed by atoms with van der Waals surface area (Å²) in [6.07, 6.45) is 2.25. The molecule has 0 spiro atoms. The number of ether oxygens (including phenoxy) is 3. The van der Waals surface area contributed by atoms with Gasteiger partial charge in [0.25, 0.3) is 5.56 Å². The van der Waals surface area contributed by atoms with Crippen LogP contribution in [-0.4, -0.2) is 58.5 Å². The van der Waals surface area contributed by atoms with Crippen molar-refractivity contribution in [3.05, 3.63) is 33.1 Å². The Bertz CT molecular complexity index is 734. The summed E-state index contributed by atoms with van der Waals surface area (Å²) in [7, 11) is 0. The highest BCUT2D eigenvalue weighted by Gasteiger charge is 2.63. The van der Waals surface area contributed by atoms with E-state index in [1.165, 1.54) is 13.1 Å². The molecule has 2 rings (SSSR count). The van der Waals surface area contributed by atoms with Gasteiger partial charge in [-0.2, -0.15) is 0 Å². The Morgan fingerprint density at radius 3 is 2.57 bits per heavy atom. The Labute approximate surface area is 163 Å². The van der Waals surface area contributed by atoms with Crippen LogP contribution in [0.3, 0.4) is 0 Å². The molecular formula is C19H31FN2O6. The number of alkyl halides is 1. The Hall–Kier alpha value is -1.55. The molecule has 1 aromatic rings. The number of rotatable bonds is 11. The fourth-order valence-corrected chi connectivity index (χ4v) is 3.42. The highest BCUT2D eigenvalue weighted by atomic mass is 19.1. The van der Waals surface area contributed by atoms with Gasteiger partial charge in [-0.25, -0.2) is 9.18 Å². The van der Waals surface area contributed by atoms with Gasteiger partial charge in [0.1, 0.15) is 18.4 Å². The van der Waals surface area contributed by atoms with Gasteiger partial charge in [-0.3, -0.25) is 14.3 Å². The van der Waals surface area contributed by atoms with Crippen LogP contribution < -0.4 is 11.2 Å². The van der Waals surface area contributed by atoms with Gasteiger partial charge in [0.05, 0.1) is 6.61 Å². The van der Waals surface area contributed by atoms with Gasteiger partial charge in [0.15, 0.2) is 11.8 Å². The zero-order valence-corrected chi connectivity index (χ0v) is 16.8. The Kier molecular flexibility index (Phi) is 7.94. The van der Waals surface area contributed by atoms with E-state index in [0.29, 0.717) is 13.2 Å². The van der Waals surface area contributed by atoms with E-state index in [-0.39, 0.29) is 6.61 Å². The Morgan fingerprint density at radius 1 is 1.29 bits per heavy atom. The topological polar surface area (TPSA) is 103 Å². The van der Waals surface area contributed by atoms with Gasteiger partial charge < -0.3 is 19.3 Å². The summed E-state index contributed by atoms with van der Waals surface area (Å²) in [6, 6.07) is 1.14.